The fourth-order valence-corrected chi connectivity index (χ4v) is 4.78. The van der Waals surface area contributed by atoms with Crippen LogP contribution in [0.2, 0.25) is 0 Å². The lowest BCUT2D eigenvalue weighted by Crippen LogP contribution is -2.31. The number of thiocarbonyl (C=S) groups is 1. The zero-order valence-corrected chi connectivity index (χ0v) is 18.7. The number of halogens is 2. The largest absolute Gasteiger partial charge is 0.351 e. The maximum Gasteiger partial charge on any atom is 0.174 e. The Morgan fingerprint density at radius 1 is 0.968 bits per heavy atom. The Bertz CT molecular complexity index is 1240. The zero-order valence-electron chi connectivity index (χ0n) is 16.3. The highest BCUT2D eigenvalue weighted by atomic mass is 79.9. The van der Waals surface area contributed by atoms with E-state index in [0.717, 1.165) is 21.5 Å². The summed E-state index contributed by atoms with van der Waals surface area (Å²) in [6, 6.07) is 24.1. The van der Waals surface area contributed by atoms with E-state index in [1.54, 1.807) is 18.3 Å². The van der Waals surface area contributed by atoms with Gasteiger partial charge in [-0.1, -0.05) is 40.2 Å². The fraction of sp³-hybridized carbons (Fsp3) is 0.0833. The van der Waals surface area contributed by atoms with E-state index in [-0.39, 0.29) is 17.9 Å². The van der Waals surface area contributed by atoms with Crippen molar-refractivity contribution < 1.29 is 4.39 Å². The van der Waals surface area contributed by atoms with Gasteiger partial charge in [0.05, 0.1) is 17.4 Å². The summed E-state index contributed by atoms with van der Waals surface area (Å²) >= 11 is 9.25. The maximum absolute atomic E-state index is 14.9. The summed E-state index contributed by atoms with van der Waals surface area (Å²) in [4.78, 5) is 6.42. The molecule has 5 rings (SSSR count). The van der Waals surface area contributed by atoms with Crippen LogP contribution in [0.25, 0.3) is 5.69 Å². The standard InChI is InChI=1S/C24H18BrFN4S/c25-16-7-5-8-17(15-16)29-14-6-12-21(29)23-22(19-10-3-4-13-27-19)28-24(31)30(23)20-11-2-1-9-18(20)26/h1-15,22-23H,(H,28,31). The van der Waals surface area contributed by atoms with Gasteiger partial charge in [0.2, 0.25) is 0 Å². The van der Waals surface area contributed by atoms with Crippen molar-refractivity contribution in [2.45, 2.75) is 12.1 Å². The molecule has 4 aromatic rings. The van der Waals surface area contributed by atoms with Crippen LogP contribution in [0.1, 0.15) is 23.5 Å². The Labute approximate surface area is 193 Å². The Kier molecular flexibility index (Phi) is 5.29. The predicted octanol–water partition coefficient (Wildman–Crippen LogP) is 5.95. The summed E-state index contributed by atoms with van der Waals surface area (Å²) in [7, 11) is 0. The molecule has 0 radical (unpaired) electrons. The molecule has 0 aliphatic carbocycles. The average Bonchev–Trinajstić information content (AvgIpc) is 3.39. The Balaban J connectivity index is 1.69. The molecular weight excluding hydrogens is 475 g/mol. The van der Waals surface area contributed by atoms with Crippen LogP contribution in [-0.2, 0) is 0 Å². The highest BCUT2D eigenvalue weighted by molar-refractivity contribution is 9.10. The molecule has 0 spiro atoms. The number of rotatable bonds is 4. The van der Waals surface area contributed by atoms with E-state index < -0.39 is 0 Å². The predicted molar refractivity (Wildman–Crippen MR) is 128 cm³/mol. The second kappa shape index (κ2) is 8.24. The highest BCUT2D eigenvalue weighted by Gasteiger charge is 2.42. The number of hydrogen-bond donors (Lipinski definition) is 1. The molecule has 3 heterocycles. The number of anilines is 1. The van der Waals surface area contributed by atoms with Gasteiger partial charge in [0.25, 0.3) is 0 Å². The average molecular weight is 493 g/mol. The second-order valence-electron chi connectivity index (χ2n) is 7.23. The smallest absolute Gasteiger partial charge is 0.174 e. The summed E-state index contributed by atoms with van der Waals surface area (Å²) in [6.45, 7) is 0. The van der Waals surface area contributed by atoms with Crippen molar-refractivity contribution in [3.63, 3.8) is 0 Å². The van der Waals surface area contributed by atoms with Crippen molar-refractivity contribution in [1.82, 2.24) is 14.9 Å². The zero-order chi connectivity index (χ0) is 21.4. The third-order valence-electron chi connectivity index (χ3n) is 5.38. The molecule has 1 saturated heterocycles. The van der Waals surface area contributed by atoms with Crippen molar-refractivity contribution in [3.05, 3.63) is 113 Å². The molecule has 0 saturated carbocycles. The molecule has 31 heavy (non-hydrogen) atoms. The second-order valence-corrected chi connectivity index (χ2v) is 8.53. The number of nitrogens with one attached hydrogen (secondary N) is 1. The first-order valence-corrected chi connectivity index (χ1v) is 11.0. The van der Waals surface area contributed by atoms with E-state index in [1.165, 1.54) is 6.07 Å². The third kappa shape index (κ3) is 3.64. The molecule has 4 nitrogen and oxygen atoms in total. The molecule has 7 heteroatoms. The van der Waals surface area contributed by atoms with Gasteiger partial charge in [0, 0.05) is 28.2 Å². The molecule has 0 bridgehead atoms. The molecule has 2 aromatic heterocycles. The minimum absolute atomic E-state index is 0.242. The third-order valence-corrected chi connectivity index (χ3v) is 6.19. The van der Waals surface area contributed by atoms with Gasteiger partial charge >= 0.3 is 0 Å². The normalized spacial score (nSPS) is 18.3. The molecule has 1 N–H and O–H groups in total. The van der Waals surface area contributed by atoms with E-state index in [1.807, 2.05) is 71.8 Å². The van der Waals surface area contributed by atoms with E-state index in [2.05, 4.69) is 30.8 Å². The number of hydrogen-bond acceptors (Lipinski definition) is 2. The SMILES string of the molecule is Fc1ccccc1N1C(=S)NC(c2ccccn2)C1c1cccn1-c1cccc(Br)c1. The molecule has 2 unspecified atom stereocenters. The first-order chi connectivity index (χ1) is 15.1. The van der Waals surface area contributed by atoms with Crippen LogP contribution >= 0.6 is 28.1 Å². The van der Waals surface area contributed by atoms with Gasteiger partial charge in [0.1, 0.15) is 11.9 Å². The van der Waals surface area contributed by atoms with Crippen LogP contribution in [-0.4, -0.2) is 14.7 Å². The number of aromatic nitrogens is 2. The molecule has 2 atom stereocenters. The van der Waals surface area contributed by atoms with Crippen LogP contribution in [0.3, 0.4) is 0 Å². The van der Waals surface area contributed by atoms with Gasteiger partial charge in [-0.25, -0.2) is 4.39 Å². The van der Waals surface area contributed by atoms with Gasteiger partial charge in [-0.15, -0.1) is 0 Å². The summed E-state index contributed by atoms with van der Waals surface area (Å²) in [5, 5.41) is 3.85. The van der Waals surface area contributed by atoms with Gasteiger partial charge in [0.15, 0.2) is 5.11 Å². The van der Waals surface area contributed by atoms with Crippen LogP contribution < -0.4 is 10.2 Å². The van der Waals surface area contributed by atoms with Crippen molar-refractivity contribution in [2.75, 3.05) is 4.90 Å². The Morgan fingerprint density at radius 3 is 2.58 bits per heavy atom. The van der Waals surface area contributed by atoms with E-state index in [0.29, 0.717) is 10.8 Å². The van der Waals surface area contributed by atoms with Crippen LogP contribution in [0.15, 0.2) is 95.7 Å². The Hall–Kier alpha value is -3.03. The molecule has 154 valence electrons. The highest BCUT2D eigenvalue weighted by Crippen LogP contribution is 2.42. The first-order valence-electron chi connectivity index (χ1n) is 9.82. The molecule has 1 aliphatic rings. The molecule has 0 amide bonds. The van der Waals surface area contributed by atoms with Gasteiger partial charge < -0.3 is 14.8 Å². The topological polar surface area (TPSA) is 33.1 Å². The minimum atomic E-state index is -0.320. The lowest BCUT2D eigenvalue weighted by molar-refractivity contribution is 0.542. The number of pyridine rings is 1. The molecule has 1 aliphatic heterocycles. The number of nitrogens with zero attached hydrogens (tertiary/aromatic N) is 3. The lowest BCUT2D eigenvalue weighted by Gasteiger charge is -2.29. The van der Waals surface area contributed by atoms with Crippen molar-refractivity contribution in [2.24, 2.45) is 0 Å². The Morgan fingerprint density at radius 2 is 1.81 bits per heavy atom. The van der Waals surface area contributed by atoms with E-state index in [9.17, 15) is 4.39 Å². The van der Waals surface area contributed by atoms with E-state index in [4.69, 9.17) is 12.2 Å². The quantitative estimate of drug-likeness (QED) is 0.356. The molecule has 2 aromatic carbocycles. The van der Waals surface area contributed by atoms with Crippen LogP contribution in [0.5, 0.6) is 0 Å². The first kappa shape index (κ1) is 19.9. The number of para-hydroxylation sites is 1. The summed E-state index contributed by atoms with van der Waals surface area (Å²) in [6.07, 6.45) is 3.77. The minimum Gasteiger partial charge on any atom is -0.351 e. The number of benzene rings is 2. The van der Waals surface area contributed by atoms with Crippen LogP contribution in [0, 0.1) is 5.82 Å². The summed E-state index contributed by atoms with van der Waals surface area (Å²) in [5.41, 5.74) is 3.26. The summed E-state index contributed by atoms with van der Waals surface area (Å²) in [5.74, 6) is -0.320. The lowest BCUT2D eigenvalue weighted by atomic mass is 10.0. The molecular formula is C24H18BrFN4S. The maximum atomic E-state index is 14.9. The summed E-state index contributed by atoms with van der Waals surface area (Å²) < 4.78 is 18.0. The molecule has 1 fully saturated rings. The van der Waals surface area contributed by atoms with Crippen molar-refractivity contribution in [3.8, 4) is 5.69 Å². The van der Waals surface area contributed by atoms with Gasteiger partial charge in [-0.2, -0.15) is 0 Å². The van der Waals surface area contributed by atoms with Crippen LogP contribution in [0.4, 0.5) is 10.1 Å². The van der Waals surface area contributed by atoms with Crippen molar-refractivity contribution >= 4 is 38.9 Å². The monoisotopic (exact) mass is 492 g/mol. The van der Waals surface area contributed by atoms with Gasteiger partial charge in [-0.05, 0) is 66.8 Å². The fourth-order valence-electron chi connectivity index (χ4n) is 4.06. The van der Waals surface area contributed by atoms with E-state index >= 15 is 0 Å². The van der Waals surface area contributed by atoms with Gasteiger partial charge in [-0.3, -0.25) is 4.98 Å². The van der Waals surface area contributed by atoms with Crippen molar-refractivity contribution in [1.29, 1.82) is 0 Å².